The molecule has 5 heteroatoms. The van der Waals surface area contributed by atoms with Gasteiger partial charge < -0.3 is 9.88 Å². The van der Waals surface area contributed by atoms with Crippen LogP contribution in [0.2, 0.25) is 0 Å². The Labute approximate surface area is 144 Å². The van der Waals surface area contributed by atoms with Crippen LogP contribution in [0.25, 0.3) is 0 Å². The van der Waals surface area contributed by atoms with Gasteiger partial charge in [-0.2, -0.15) is 0 Å². The summed E-state index contributed by atoms with van der Waals surface area (Å²) >= 11 is 0. The quantitative estimate of drug-likeness (QED) is 0.791. The van der Waals surface area contributed by atoms with Gasteiger partial charge >= 0.3 is 0 Å². The molecule has 1 N–H and O–H groups in total. The average molecular weight is 336 g/mol. The zero-order valence-electron chi connectivity index (χ0n) is 13.7. The van der Waals surface area contributed by atoms with Crippen LogP contribution in [0.15, 0.2) is 71.7 Å². The maximum atomic E-state index is 12.9. The van der Waals surface area contributed by atoms with Gasteiger partial charge in [0.2, 0.25) is 0 Å². The van der Waals surface area contributed by atoms with Gasteiger partial charge in [-0.25, -0.2) is 4.39 Å². The highest BCUT2D eigenvalue weighted by molar-refractivity contribution is 6.03. The van der Waals surface area contributed by atoms with E-state index in [-0.39, 0.29) is 11.1 Å². The van der Waals surface area contributed by atoms with Crippen LogP contribution in [0.4, 0.5) is 10.1 Å². The van der Waals surface area contributed by atoms with Gasteiger partial charge in [0, 0.05) is 11.9 Å². The maximum Gasteiger partial charge on any atom is 0.263 e. The van der Waals surface area contributed by atoms with Gasteiger partial charge in [0.25, 0.3) is 11.5 Å². The molecule has 0 fully saturated rings. The molecule has 3 aromatic rings. The van der Waals surface area contributed by atoms with Crippen LogP contribution < -0.4 is 10.9 Å². The van der Waals surface area contributed by atoms with Gasteiger partial charge in [-0.05, 0) is 48.9 Å². The molecule has 0 saturated heterocycles. The molecule has 25 heavy (non-hydrogen) atoms. The predicted molar refractivity (Wildman–Crippen MR) is 95.3 cm³/mol. The van der Waals surface area contributed by atoms with Crippen molar-refractivity contribution in [1.82, 2.24) is 4.57 Å². The molecule has 1 heterocycles. The van der Waals surface area contributed by atoms with Crippen molar-refractivity contribution in [3.63, 3.8) is 0 Å². The molecule has 1 aromatic heterocycles. The minimum atomic E-state index is -0.519. The second kappa shape index (κ2) is 7.13. The SMILES string of the molecule is Cc1ccc(Cn2cccc(C(=O)Nc3ccc(F)cc3)c2=O)cc1. The van der Waals surface area contributed by atoms with Gasteiger partial charge in [0.05, 0.1) is 6.54 Å². The third kappa shape index (κ3) is 4.01. The summed E-state index contributed by atoms with van der Waals surface area (Å²) in [6.45, 7) is 2.38. The third-order valence-corrected chi connectivity index (χ3v) is 3.84. The number of hydrogen-bond donors (Lipinski definition) is 1. The van der Waals surface area contributed by atoms with Crippen LogP contribution >= 0.6 is 0 Å². The monoisotopic (exact) mass is 336 g/mol. The number of amides is 1. The lowest BCUT2D eigenvalue weighted by atomic mass is 10.1. The molecular formula is C20H17FN2O2. The Morgan fingerprint density at radius 1 is 1.04 bits per heavy atom. The lowest BCUT2D eigenvalue weighted by Gasteiger charge is -2.09. The summed E-state index contributed by atoms with van der Waals surface area (Å²) in [4.78, 5) is 24.9. The van der Waals surface area contributed by atoms with Crippen LogP contribution in [0.3, 0.4) is 0 Å². The maximum absolute atomic E-state index is 12.9. The fourth-order valence-electron chi connectivity index (χ4n) is 2.46. The van der Waals surface area contributed by atoms with E-state index >= 15 is 0 Å². The molecule has 0 radical (unpaired) electrons. The first-order valence-corrected chi connectivity index (χ1v) is 7.85. The van der Waals surface area contributed by atoms with E-state index in [1.165, 1.54) is 34.9 Å². The van der Waals surface area contributed by atoms with Crippen molar-refractivity contribution in [3.05, 3.63) is 99.7 Å². The van der Waals surface area contributed by atoms with E-state index in [4.69, 9.17) is 0 Å². The largest absolute Gasteiger partial charge is 0.322 e. The standard InChI is InChI=1S/C20H17FN2O2/c1-14-4-6-15(7-5-14)13-23-12-2-3-18(20(23)25)19(24)22-17-10-8-16(21)9-11-17/h2-12H,13H2,1H3,(H,22,24). The molecule has 0 aliphatic rings. The summed E-state index contributed by atoms with van der Waals surface area (Å²) in [6.07, 6.45) is 1.65. The van der Waals surface area contributed by atoms with E-state index in [0.717, 1.165) is 11.1 Å². The van der Waals surface area contributed by atoms with E-state index in [1.807, 2.05) is 31.2 Å². The Morgan fingerprint density at radius 2 is 1.72 bits per heavy atom. The molecule has 0 aliphatic carbocycles. The first-order valence-electron chi connectivity index (χ1n) is 7.85. The second-order valence-corrected chi connectivity index (χ2v) is 5.80. The van der Waals surface area contributed by atoms with Gasteiger partial charge in [0.1, 0.15) is 11.4 Å². The lowest BCUT2D eigenvalue weighted by Crippen LogP contribution is -2.29. The van der Waals surface area contributed by atoms with Crippen molar-refractivity contribution >= 4 is 11.6 Å². The Hall–Kier alpha value is -3.21. The van der Waals surface area contributed by atoms with Crippen molar-refractivity contribution < 1.29 is 9.18 Å². The van der Waals surface area contributed by atoms with Gasteiger partial charge in [-0.3, -0.25) is 9.59 Å². The van der Waals surface area contributed by atoms with Crippen LogP contribution in [-0.2, 0) is 6.54 Å². The molecule has 0 aliphatic heterocycles. The van der Waals surface area contributed by atoms with Crippen molar-refractivity contribution in [2.75, 3.05) is 5.32 Å². The highest BCUT2D eigenvalue weighted by Gasteiger charge is 2.12. The summed E-state index contributed by atoms with van der Waals surface area (Å²) in [7, 11) is 0. The normalized spacial score (nSPS) is 10.5. The van der Waals surface area contributed by atoms with Crippen molar-refractivity contribution in [1.29, 1.82) is 0 Å². The summed E-state index contributed by atoms with van der Waals surface area (Å²) < 4.78 is 14.4. The highest BCUT2D eigenvalue weighted by Crippen LogP contribution is 2.10. The number of anilines is 1. The first-order chi connectivity index (χ1) is 12.0. The van der Waals surface area contributed by atoms with E-state index < -0.39 is 11.7 Å². The molecule has 3 rings (SSSR count). The molecule has 126 valence electrons. The smallest absolute Gasteiger partial charge is 0.263 e. The molecule has 0 bridgehead atoms. The number of halogens is 1. The number of aryl methyl sites for hydroxylation is 1. The van der Waals surface area contributed by atoms with E-state index in [1.54, 1.807) is 12.3 Å². The summed E-state index contributed by atoms with van der Waals surface area (Å²) in [5, 5.41) is 2.61. The fraction of sp³-hybridized carbons (Fsp3) is 0.100. The molecule has 0 spiro atoms. The first kappa shape index (κ1) is 16.6. The number of nitrogens with one attached hydrogen (secondary N) is 1. The lowest BCUT2D eigenvalue weighted by molar-refractivity contribution is 0.102. The summed E-state index contributed by atoms with van der Waals surface area (Å²) in [6, 6.07) is 16.4. The van der Waals surface area contributed by atoms with E-state index in [2.05, 4.69) is 5.32 Å². The minimum absolute atomic E-state index is 0.0407. The molecule has 1 amide bonds. The third-order valence-electron chi connectivity index (χ3n) is 3.84. The second-order valence-electron chi connectivity index (χ2n) is 5.80. The zero-order valence-corrected chi connectivity index (χ0v) is 13.7. The molecular weight excluding hydrogens is 319 g/mol. The van der Waals surface area contributed by atoms with E-state index in [9.17, 15) is 14.0 Å². The number of rotatable bonds is 4. The van der Waals surface area contributed by atoms with Crippen molar-refractivity contribution in [3.8, 4) is 0 Å². The Balaban J connectivity index is 1.82. The number of benzene rings is 2. The zero-order chi connectivity index (χ0) is 17.8. The topological polar surface area (TPSA) is 51.1 Å². The summed E-state index contributed by atoms with van der Waals surface area (Å²) in [5.74, 6) is -0.909. The Kier molecular flexibility index (Phi) is 4.75. The number of nitrogens with zero attached hydrogens (tertiary/aromatic N) is 1. The van der Waals surface area contributed by atoms with Crippen LogP contribution in [-0.4, -0.2) is 10.5 Å². The molecule has 0 saturated carbocycles. The van der Waals surface area contributed by atoms with E-state index in [0.29, 0.717) is 12.2 Å². The number of aromatic nitrogens is 1. The van der Waals surface area contributed by atoms with Gasteiger partial charge in [-0.15, -0.1) is 0 Å². The van der Waals surface area contributed by atoms with Crippen molar-refractivity contribution in [2.24, 2.45) is 0 Å². The molecule has 4 nitrogen and oxygen atoms in total. The van der Waals surface area contributed by atoms with Gasteiger partial charge in [0.15, 0.2) is 0 Å². The predicted octanol–water partition coefficient (Wildman–Crippen LogP) is 3.60. The fourth-order valence-corrected chi connectivity index (χ4v) is 2.46. The number of carbonyl (C=O) groups is 1. The van der Waals surface area contributed by atoms with Crippen molar-refractivity contribution in [2.45, 2.75) is 13.5 Å². The van der Waals surface area contributed by atoms with Crippen LogP contribution in [0, 0.1) is 12.7 Å². The van der Waals surface area contributed by atoms with Gasteiger partial charge in [-0.1, -0.05) is 29.8 Å². The molecule has 0 atom stereocenters. The highest BCUT2D eigenvalue weighted by atomic mass is 19.1. The van der Waals surface area contributed by atoms with Crippen LogP contribution in [0.1, 0.15) is 21.5 Å². The summed E-state index contributed by atoms with van der Waals surface area (Å²) in [5.41, 5.74) is 2.22. The molecule has 2 aromatic carbocycles. The average Bonchev–Trinajstić information content (AvgIpc) is 2.60. The number of hydrogen-bond acceptors (Lipinski definition) is 2. The Bertz CT molecular complexity index is 945. The van der Waals surface area contributed by atoms with Crippen LogP contribution in [0.5, 0.6) is 0 Å². The number of carbonyl (C=O) groups excluding carboxylic acids is 1. The number of pyridine rings is 1. The molecule has 0 unspecified atom stereocenters. The Morgan fingerprint density at radius 3 is 2.40 bits per heavy atom. The minimum Gasteiger partial charge on any atom is -0.322 e.